The third kappa shape index (κ3) is 4.71. The van der Waals surface area contributed by atoms with Crippen LogP contribution in [0.4, 0.5) is 0 Å². The second-order valence-corrected chi connectivity index (χ2v) is 6.85. The molecule has 0 bridgehead atoms. The molecule has 0 aliphatic heterocycles. The average Bonchev–Trinajstić information content (AvgIpc) is 2.75. The molecule has 3 rings (SSSR count). The number of nitrogens with zero attached hydrogens (tertiary/aromatic N) is 1. The van der Waals surface area contributed by atoms with Gasteiger partial charge in [-0.3, -0.25) is 14.9 Å². The van der Waals surface area contributed by atoms with Crippen LogP contribution >= 0.6 is 0 Å². The number of carbonyl (C=O) groups excluding carboxylic acids is 1. The first-order valence-electron chi connectivity index (χ1n) is 9.33. The van der Waals surface area contributed by atoms with E-state index in [4.69, 9.17) is 9.47 Å². The molecule has 2 atom stereocenters. The topological polar surface area (TPSA) is 78.7 Å². The van der Waals surface area contributed by atoms with Gasteiger partial charge in [0.1, 0.15) is 5.75 Å². The molecule has 29 heavy (non-hydrogen) atoms. The molecule has 0 radical (unpaired) electrons. The maximum absolute atomic E-state index is 12.2. The lowest BCUT2D eigenvalue weighted by atomic mass is 9.78. The SMILES string of the molecule is COC(=O)C[C@@H](c1ccc(OC)cc1)[C@H](C[N+](=O)[O-])c1cccc2ccccc12. The Balaban J connectivity index is 2.14. The van der Waals surface area contributed by atoms with Crippen LogP contribution in [0.2, 0.25) is 0 Å². The van der Waals surface area contributed by atoms with E-state index in [2.05, 4.69) is 0 Å². The number of carbonyl (C=O) groups is 1. The molecule has 0 N–H and O–H groups in total. The van der Waals surface area contributed by atoms with Crippen LogP contribution in [0.5, 0.6) is 5.75 Å². The van der Waals surface area contributed by atoms with Crippen LogP contribution in [0.15, 0.2) is 66.7 Å². The van der Waals surface area contributed by atoms with E-state index < -0.39 is 17.8 Å². The fraction of sp³-hybridized carbons (Fsp3) is 0.261. The zero-order chi connectivity index (χ0) is 20.8. The smallest absolute Gasteiger partial charge is 0.306 e. The Morgan fingerprint density at radius 1 is 0.966 bits per heavy atom. The zero-order valence-electron chi connectivity index (χ0n) is 16.4. The fourth-order valence-electron chi connectivity index (χ4n) is 3.78. The molecule has 0 fully saturated rings. The monoisotopic (exact) mass is 393 g/mol. The van der Waals surface area contributed by atoms with Crippen molar-refractivity contribution in [2.75, 3.05) is 20.8 Å². The molecule has 0 unspecified atom stereocenters. The minimum atomic E-state index is -0.497. The van der Waals surface area contributed by atoms with E-state index in [-0.39, 0.29) is 17.9 Å². The highest BCUT2D eigenvalue weighted by molar-refractivity contribution is 5.86. The van der Waals surface area contributed by atoms with E-state index in [1.54, 1.807) is 19.2 Å². The largest absolute Gasteiger partial charge is 0.497 e. The number of rotatable bonds is 8. The van der Waals surface area contributed by atoms with Crippen LogP contribution < -0.4 is 4.74 Å². The van der Waals surface area contributed by atoms with E-state index in [1.807, 2.05) is 54.6 Å². The quantitative estimate of drug-likeness (QED) is 0.319. The van der Waals surface area contributed by atoms with Gasteiger partial charge in [0, 0.05) is 10.8 Å². The number of ether oxygens (including phenoxy) is 2. The van der Waals surface area contributed by atoms with Gasteiger partial charge in [0.15, 0.2) is 0 Å². The van der Waals surface area contributed by atoms with Gasteiger partial charge in [-0.05, 0) is 34.0 Å². The van der Waals surface area contributed by atoms with Gasteiger partial charge in [-0.1, -0.05) is 54.6 Å². The summed E-state index contributed by atoms with van der Waals surface area (Å²) in [6, 6.07) is 20.9. The van der Waals surface area contributed by atoms with Crippen LogP contribution in [-0.2, 0) is 9.53 Å². The molecular formula is C23H23NO5. The van der Waals surface area contributed by atoms with Crippen LogP contribution in [0, 0.1) is 10.1 Å². The van der Waals surface area contributed by atoms with Crippen molar-refractivity contribution < 1.29 is 19.2 Å². The lowest BCUT2D eigenvalue weighted by Gasteiger charge is -2.26. The summed E-state index contributed by atoms with van der Waals surface area (Å²) in [4.78, 5) is 23.4. The van der Waals surface area contributed by atoms with Crippen molar-refractivity contribution in [2.24, 2.45) is 0 Å². The summed E-state index contributed by atoms with van der Waals surface area (Å²) < 4.78 is 10.1. The number of hydrogen-bond acceptors (Lipinski definition) is 5. The van der Waals surface area contributed by atoms with Gasteiger partial charge in [0.05, 0.1) is 26.6 Å². The van der Waals surface area contributed by atoms with E-state index >= 15 is 0 Å². The van der Waals surface area contributed by atoms with Crippen molar-refractivity contribution in [2.45, 2.75) is 18.3 Å². The number of esters is 1. The number of hydrogen-bond donors (Lipinski definition) is 0. The van der Waals surface area contributed by atoms with Gasteiger partial charge >= 0.3 is 5.97 Å². The van der Waals surface area contributed by atoms with Gasteiger partial charge in [0.2, 0.25) is 6.54 Å². The van der Waals surface area contributed by atoms with Crippen LogP contribution in [0.1, 0.15) is 29.4 Å². The molecule has 0 saturated heterocycles. The lowest BCUT2D eigenvalue weighted by Crippen LogP contribution is -2.23. The summed E-state index contributed by atoms with van der Waals surface area (Å²) in [5.74, 6) is -0.630. The highest BCUT2D eigenvalue weighted by Crippen LogP contribution is 2.39. The molecule has 0 aliphatic rings. The second-order valence-electron chi connectivity index (χ2n) is 6.85. The highest BCUT2D eigenvalue weighted by atomic mass is 16.6. The molecular weight excluding hydrogens is 370 g/mol. The Morgan fingerprint density at radius 3 is 2.31 bits per heavy atom. The Hall–Kier alpha value is -3.41. The average molecular weight is 393 g/mol. The predicted octanol–water partition coefficient (Wildman–Crippen LogP) is 4.56. The molecule has 0 heterocycles. The van der Waals surface area contributed by atoms with Gasteiger partial charge in [0.25, 0.3) is 0 Å². The van der Waals surface area contributed by atoms with Crippen molar-refractivity contribution >= 4 is 16.7 Å². The number of fused-ring (bicyclic) bond motifs is 1. The summed E-state index contributed by atoms with van der Waals surface area (Å²) in [5.41, 5.74) is 1.68. The molecule has 0 spiro atoms. The summed E-state index contributed by atoms with van der Waals surface area (Å²) in [6.45, 7) is -0.290. The Morgan fingerprint density at radius 2 is 1.66 bits per heavy atom. The second kappa shape index (κ2) is 9.19. The third-order valence-corrected chi connectivity index (χ3v) is 5.21. The summed E-state index contributed by atoms with van der Waals surface area (Å²) in [6.07, 6.45) is 0.0462. The van der Waals surface area contributed by atoms with Crippen molar-refractivity contribution in [3.05, 3.63) is 88.0 Å². The molecule has 3 aromatic carbocycles. The van der Waals surface area contributed by atoms with Crippen LogP contribution in [0.25, 0.3) is 10.8 Å². The van der Waals surface area contributed by atoms with Crippen molar-refractivity contribution in [1.29, 1.82) is 0 Å². The number of benzene rings is 3. The first kappa shape index (κ1) is 20.3. The molecule has 0 aliphatic carbocycles. The minimum absolute atomic E-state index is 0.0462. The van der Waals surface area contributed by atoms with Crippen LogP contribution in [0.3, 0.4) is 0 Å². The normalized spacial score (nSPS) is 12.9. The van der Waals surface area contributed by atoms with Gasteiger partial charge in [-0.2, -0.15) is 0 Å². The van der Waals surface area contributed by atoms with E-state index in [9.17, 15) is 14.9 Å². The predicted molar refractivity (Wildman–Crippen MR) is 111 cm³/mol. The fourth-order valence-corrected chi connectivity index (χ4v) is 3.78. The highest BCUT2D eigenvalue weighted by Gasteiger charge is 2.32. The maximum Gasteiger partial charge on any atom is 0.306 e. The molecule has 0 saturated carbocycles. The molecule has 3 aromatic rings. The molecule has 6 nitrogen and oxygen atoms in total. The summed E-state index contributed by atoms with van der Waals surface area (Å²) >= 11 is 0. The third-order valence-electron chi connectivity index (χ3n) is 5.21. The van der Waals surface area contributed by atoms with E-state index in [0.29, 0.717) is 5.75 Å². The summed E-state index contributed by atoms with van der Waals surface area (Å²) in [5, 5.41) is 13.5. The Bertz CT molecular complexity index is 994. The van der Waals surface area contributed by atoms with Gasteiger partial charge in [-0.25, -0.2) is 0 Å². The van der Waals surface area contributed by atoms with Gasteiger partial charge < -0.3 is 9.47 Å². The first-order chi connectivity index (χ1) is 14.0. The standard InChI is InChI=1S/C23H23NO5/c1-28-18-12-10-17(11-13-18)21(14-23(25)29-2)22(15-24(26)27)20-9-5-7-16-6-3-4-8-19(16)20/h3-13,21-22H,14-15H2,1-2H3/t21-,22+/m0/s1. The van der Waals surface area contributed by atoms with Gasteiger partial charge in [-0.15, -0.1) is 0 Å². The van der Waals surface area contributed by atoms with E-state index in [1.165, 1.54) is 7.11 Å². The Labute approximate surface area is 169 Å². The summed E-state index contributed by atoms with van der Waals surface area (Å²) in [7, 11) is 2.90. The minimum Gasteiger partial charge on any atom is -0.497 e. The molecule has 150 valence electrons. The van der Waals surface area contributed by atoms with Crippen molar-refractivity contribution in [3.63, 3.8) is 0 Å². The molecule has 0 amide bonds. The maximum atomic E-state index is 12.2. The van der Waals surface area contributed by atoms with Crippen molar-refractivity contribution in [1.82, 2.24) is 0 Å². The Kier molecular flexibility index (Phi) is 6.44. The molecule has 0 aromatic heterocycles. The lowest BCUT2D eigenvalue weighted by molar-refractivity contribution is -0.484. The van der Waals surface area contributed by atoms with Crippen LogP contribution in [-0.4, -0.2) is 31.7 Å². The molecule has 6 heteroatoms. The first-order valence-corrected chi connectivity index (χ1v) is 9.33. The number of methoxy groups -OCH3 is 2. The number of nitro groups is 1. The zero-order valence-corrected chi connectivity index (χ0v) is 16.4. The van der Waals surface area contributed by atoms with Crippen molar-refractivity contribution in [3.8, 4) is 5.75 Å². The van der Waals surface area contributed by atoms with E-state index in [0.717, 1.165) is 21.9 Å².